The van der Waals surface area contributed by atoms with Crippen LogP contribution in [0.1, 0.15) is 15.9 Å². The zero-order chi connectivity index (χ0) is 13.2. The minimum Gasteiger partial charge on any atom is -0.481 e. The van der Waals surface area contributed by atoms with Crippen molar-refractivity contribution in [2.45, 2.75) is 6.42 Å². The van der Waals surface area contributed by atoms with Crippen molar-refractivity contribution < 1.29 is 9.53 Å². The van der Waals surface area contributed by atoms with E-state index in [9.17, 15) is 4.79 Å². The fourth-order valence-corrected chi connectivity index (χ4v) is 2.36. The van der Waals surface area contributed by atoms with Crippen LogP contribution in [-0.2, 0) is 6.42 Å². The van der Waals surface area contributed by atoms with Crippen molar-refractivity contribution in [2.24, 2.45) is 0 Å². The van der Waals surface area contributed by atoms with Crippen LogP contribution in [0.5, 0.6) is 5.88 Å². The first-order chi connectivity index (χ1) is 9.29. The van der Waals surface area contributed by atoms with Crippen molar-refractivity contribution in [3.63, 3.8) is 0 Å². The average Bonchev–Trinajstić information content (AvgIpc) is 2.90. The first-order valence-electron chi connectivity index (χ1n) is 6.19. The second-order valence-electron chi connectivity index (χ2n) is 4.42. The predicted molar refractivity (Wildman–Crippen MR) is 72.6 cm³/mol. The Morgan fingerprint density at radius 3 is 3.00 bits per heavy atom. The highest BCUT2D eigenvalue weighted by molar-refractivity contribution is 6.07. The fourth-order valence-electron chi connectivity index (χ4n) is 2.36. The molecule has 19 heavy (non-hydrogen) atoms. The molecule has 2 heterocycles. The highest BCUT2D eigenvalue weighted by Crippen LogP contribution is 2.29. The summed E-state index contributed by atoms with van der Waals surface area (Å²) in [7, 11) is 1.54. The van der Waals surface area contributed by atoms with Crippen molar-refractivity contribution in [3.05, 3.63) is 53.7 Å². The number of ether oxygens (including phenoxy) is 1. The summed E-state index contributed by atoms with van der Waals surface area (Å²) in [5.41, 5.74) is 2.82. The lowest BCUT2D eigenvalue weighted by molar-refractivity contribution is 0.0989. The van der Waals surface area contributed by atoms with Crippen LogP contribution in [-0.4, -0.2) is 24.5 Å². The van der Waals surface area contributed by atoms with E-state index < -0.39 is 0 Å². The summed E-state index contributed by atoms with van der Waals surface area (Å²) in [6.45, 7) is 0.725. The van der Waals surface area contributed by atoms with E-state index in [0.29, 0.717) is 11.4 Å². The van der Waals surface area contributed by atoms with E-state index in [2.05, 4.69) is 11.1 Å². The zero-order valence-electron chi connectivity index (χ0n) is 10.7. The Balaban J connectivity index is 1.93. The van der Waals surface area contributed by atoms with Gasteiger partial charge in [-0.05, 0) is 24.1 Å². The third kappa shape index (κ3) is 2.05. The van der Waals surface area contributed by atoms with E-state index >= 15 is 0 Å². The highest BCUT2D eigenvalue weighted by Gasteiger charge is 2.25. The zero-order valence-corrected chi connectivity index (χ0v) is 10.7. The monoisotopic (exact) mass is 254 g/mol. The van der Waals surface area contributed by atoms with Crippen LogP contribution in [0.2, 0.25) is 0 Å². The second-order valence-corrected chi connectivity index (χ2v) is 4.42. The molecule has 4 nitrogen and oxygen atoms in total. The number of aromatic nitrogens is 1. The first kappa shape index (κ1) is 11.7. The molecule has 0 radical (unpaired) electrons. The predicted octanol–water partition coefficient (Wildman–Crippen LogP) is 2.29. The SMILES string of the molecule is COc1cc(C(=O)N2CCc3ccccc32)ccn1. The van der Waals surface area contributed by atoms with Gasteiger partial charge in [0.15, 0.2) is 0 Å². The third-order valence-electron chi connectivity index (χ3n) is 3.32. The maximum atomic E-state index is 12.5. The van der Waals surface area contributed by atoms with Crippen LogP contribution in [0.4, 0.5) is 5.69 Å². The van der Waals surface area contributed by atoms with Gasteiger partial charge in [0, 0.05) is 30.1 Å². The molecule has 0 fully saturated rings. The molecular formula is C15H14N2O2. The molecule has 96 valence electrons. The lowest BCUT2D eigenvalue weighted by Crippen LogP contribution is -2.28. The molecule has 0 saturated carbocycles. The minimum atomic E-state index is -0.00866. The number of amides is 1. The van der Waals surface area contributed by atoms with Crippen LogP contribution in [0.15, 0.2) is 42.6 Å². The molecule has 0 atom stereocenters. The van der Waals surface area contributed by atoms with Gasteiger partial charge in [-0.3, -0.25) is 4.79 Å². The number of carbonyl (C=O) groups excluding carboxylic acids is 1. The summed E-state index contributed by atoms with van der Waals surface area (Å²) in [6, 6.07) is 11.4. The van der Waals surface area contributed by atoms with Crippen LogP contribution in [0.25, 0.3) is 0 Å². The molecule has 0 saturated heterocycles. The molecule has 0 aliphatic carbocycles. The van der Waals surface area contributed by atoms with Crippen molar-refractivity contribution >= 4 is 11.6 Å². The summed E-state index contributed by atoms with van der Waals surface area (Å²) in [4.78, 5) is 18.3. The molecular weight excluding hydrogens is 240 g/mol. The summed E-state index contributed by atoms with van der Waals surface area (Å²) in [5.74, 6) is 0.448. The second kappa shape index (κ2) is 4.72. The number of nitrogens with zero attached hydrogens (tertiary/aromatic N) is 2. The molecule has 1 aliphatic heterocycles. The fraction of sp³-hybridized carbons (Fsp3) is 0.200. The van der Waals surface area contributed by atoms with E-state index in [4.69, 9.17) is 4.74 Å². The van der Waals surface area contributed by atoms with E-state index in [1.54, 1.807) is 25.4 Å². The van der Waals surface area contributed by atoms with Crippen LogP contribution in [0, 0.1) is 0 Å². The number of hydrogen-bond donors (Lipinski definition) is 0. The minimum absolute atomic E-state index is 0.00866. The number of carbonyl (C=O) groups is 1. The molecule has 4 heteroatoms. The van der Waals surface area contributed by atoms with Gasteiger partial charge >= 0.3 is 0 Å². The van der Waals surface area contributed by atoms with Crippen molar-refractivity contribution in [1.29, 1.82) is 0 Å². The summed E-state index contributed by atoms with van der Waals surface area (Å²) in [5, 5.41) is 0. The quantitative estimate of drug-likeness (QED) is 0.825. The lowest BCUT2D eigenvalue weighted by atomic mass is 10.2. The number of para-hydroxylation sites is 1. The standard InChI is InChI=1S/C15H14N2O2/c1-19-14-10-12(6-8-16-14)15(18)17-9-7-11-4-2-3-5-13(11)17/h2-6,8,10H,7,9H2,1H3. The summed E-state index contributed by atoms with van der Waals surface area (Å²) in [6.07, 6.45) is 2.50. The van der Waals surface area contributed by atoms with Gasteiger partial charge in [-0.15, -0.1) is 0 Å². The van der Waals surface area contributed by atoms with E-state index in [1.807, 2.05) is 23.1 Å². The Morgan fingerprint density at radius 2 is 2.16 bits per heavy atom. The van der Waals surface area contributed by atoms with Crippen LogP contribution in [0.3, 0.4) is 0 Å². The number of pyridine rings is 1. The number of fused-ring (bicyclic) bond motifs is 1. The molecule has 0 unspecified atom stereocenters. The third-order valence-corrected chi connectivity index (χ3v) is 3.32. The highest BCUT2D eigenvalue weighted by atomic mass is 16.5. The van der Waals surface area contributed by atoms with Gasteiger partial charge in [0.25, 0.3) is 5.91 Å². The lowest BCUT2D eigenvalue weighted by Gasteiger charge is -2.17. The Bertz CT molecular complexity index is 625. The maximum Gasteiger partial charge on any atom is 0.258 e. The molecule has 0 spiro atoms. The topological polar surface area (TPSA) is 42.4 Å². The largest absolute Gasteiger partial charge is 0.481 e. The molecule has 1 aromatic heterocycles. The van der Waals surface area contributed by atoms with Gasteiger partial charge in [0.2, 0.25) is 5.88 Å². The Kier molecular flexibility index (Phi) is 2.91. The average molecular weight is 254 g/mol. The summed E-state index contributed by atoms with van der Waals surface area (Å²) >= 11 is 0. The van der Waals surface area contributed by atoms with Gasteiger partial charge in [0.05, 0.1) is 7.11 Å². The smallest absolute Gasteiger partial charge is 0.258 e. The number of hydrogen-bond acceptors (Lipinski definition) is 3. The van der Waals surface area contributed by atoms with E-state index in [-0.39, 0.29) is 5.91 Å². The molecule has 1 amide bonds. The number of rotatable bonds is 2. The molecule has 0 N–H and O–H groups in total. The Labute approximate surface area is 111 Å². The first-order valence-corrected chi connectivity index (χ1v) is 6.19. The normalized spacial score (nSPS) is 13.2. The van der Waals surface area contributed by atoms with Crippen LogP contribution < -0.4 is 9.64 Å². The molecule has 0 bridgehead atoms. The maximum absolute atomic E-state index is 12.5. The van der Waals surface area contributed by atoms with E-state index in [0.717, 1.165) is 18.7 Å². The van der Waals surface area contributed by atoms with E-state index in [1.165, 1.54) is 5.56 Å². The number of methoxy groups -OCH3 is 1. The number of anilines is 1. The molecule has 2 aromatic rings. The van der Waals surface area contributed by atoms with Gasteiger partial charge in [0.1, 0.15) is 0 Å². The number of benzene rings is 1. The molecule has 1 aromatic carbocycles. The van der Waals surface area contributed by atoms with Crippen molar-refractivity contribution in [3.8, 4) is 5.88 Å². The van der Waals surface area contributed by atoms with Crippen molar-refractivity contribution in [1.82, 2.24) is 4.98 Å². The Hall–Kier alpha value is -2.36. The van der Waals surface area contributed by atoms with Gasteiger partial charge < -0.3 is 9.64 Å². The van der Waals surface area contributed by atoms with Gasteiger partial charge in [-0.2, -0.15) is 0 Å². The van der Waals surface area contributed by atoms with Crippen LogP contribution >= 0.6 is 0 Å². The Morgan fingerprint density at radius 1 is 1.32 bits per heavy atom. The summed E-state index contributed by atoms with van der Waals surface area (Å²) < 4.78 is 5.06. The molecule has 3 rings (SSSR count). The van der Waals surface area contributed by atoms with Gasteiger partial charge in [-0.25, -0.2) is 4.98 Å². The van der Waals surface area contributed by atoms with Crippen molar-refractivity contribution in [2.75, 3.05) is 18.6 Å². The van der Waals surface area contributed by atoms with Gasteiger partial charge in [-0.1, -0.05) is 18.2 Å². The molecule has 1 aliphatic rings.